The van der Waals surface area contributed by atoms with Crippen LogP contribution in [0.4, 0.5) is 5.69 Å². The van der Waals surface area contributed by atoms with Crippen LogP contribution in [0.3, 0.4) is 0 Å². The molecule has 1 rings (SSSR count). The van der Waals surface area contributed by atoms with Crippen molar-refractivity contribution in [3.63, 3.8) is 0 Å². The molecule has 9 heteroatoms. The smallest absolute Gasteiger partial charge is 0.228 e. The molecular formula is C14H17BrCl3N3OS. The van der Waals surface area contributed by atoms with Crippen molar-refractivity contribution in [1.82, 2.24) is 10.6 Å². The minimum Gasteiger partial charge on any atom is -0.339 e. The molecule has 0 saturated heterocycles. The first-order valence-corrected chi connectivity index (χ1v) is 8.94. The summed E-state index contributed by atoms with van der Waals surface area (Å²) in [5.74, 6) is -0.273. The van der Waals surface area contributed by atoms with E-state index in [0.717, 1.165) is 10.2 Å². The lowest BCUT2D eigenvalue weighted by Crippen LogP contribution is -2.58. The van der Waals surface area contributed by atoms with Crippen LogP contribution >= 0.6 is 63.0 Å². The van der Waals surface area contributed by atoms with E-state index in [0.29, 0.717) is 0 Å². The van der Waals surface area contributed by atoms with Gasteiger partial charge < -0.3 is 16.0 Å². The average molecular weight is 462 g/mol. The minimum absolute atomic E-state index is 0.211. The first kappa shape index (κ1) is 20.8. The monoisotopic (exact) mass is 459 g/mol. The van der Waals surface area contributed by atoms with Crippen molar-refractivity contribution in [2.75, 3.05) is 5.32 Å². The molecule has 4 nitrogen and oxygen atoms in total. The van der Waals surface area contributed by atoms with Crippen LogP contribution < -0.4 is 16.0 Å². The summed E-state index contributed by atoms with van der Waals surface area (Å²) in [4.78, 5) is 12.1. The molecule has 0 bridgehead atoms. The summed E-state index contributed by atoms with van der Waals surface area (Å²) < 4.78 is -0.950. The second-order valence-electron chi connectivity index (χ2n) is 5.78. The zero-order chi connectivity index (χ0) is 17.8. The van der Waals surface area contributed by atoms with Crippen LogP contribution in [0.2, 0.25) is 0 Å². The third-order valence-corrected chi connectivity index (χ3v) is 4.25. The quantitative estimate of drug-likeness (QED) is 0.350. The van der Waals surface area contributed by atoms with Gasteiger partial charge in [-0.25, -0.2) is 0 Å². The number of amides is 1. The number of rotatable bonds is 3. The highest BCUT2D eigenvalue weighted by Crippen LogP contribution is 2.30. The maximum absolute atomic E-state index is 12.1. The minimum atomic E-state index is -1.78. The topological polar surface area (TPSA) is 53.2 Å². The SMILES string of the molecule is CC(C)(C)C(=O)N[C@H](NC(=S)Nc1ccccc1Br)C(Cl)(Cl)Cl. The molecule has 1 atom stereocenters. The van der Waals surface area contributed by atoms with Crippen molar-refractivity contribution >= 4 is 79.7 Å². The molecule has 3 N–H and O–H groups in total. The number of para-hydroxylation sites is 1. The molecule has 0 unspecified atom stereocenters. The molecule has 23 heavy (non-hydrogen) atoms. The Hall–Kier alpha value is -0.270. The summed E-state index contributed by atoms with van der Waals surface area (Å²) in [6.07, 6.45) is -0.985. The number of carbonyl (C=O) groups is 1. The molecule has 1 aromatic carbocycles. The van der Waals surface area contributed by atoms with E-state index in [-0.39, 0.29) is 11.0 Å². The third-order valence-electron chi connectivity index (χ3n) is 2.68. The number of alkyl halides is 3. The second-order valence-corrected chi connectivity index (χ2v) is 9.41. The Morgan fingerprint density at radius 3 is 2.22 bits per heavy atom. The maximum Gasteiger partial charge on any atom is 0.228 e. The van der Waals surface area contributed by atoms with Crippen molar-refractivity contribution in [3.8, 4) is 0 Å². The lowest BCUT2D eigenvalue weighted by Gasteiger charge is -2.30. The van der Waals surface area contributed by atoms with Gasteiger partial charge in [0.15, 0.2) is 5.11 Å². The van der Waals surface area contributed by atoms with Crippen LogP contribution in [-0.2, 0) is 4.79 Å². The van der Waals surface area contributed by atoms with Gasteiger partial charge in [-0.05, 0) is 40.3 Å². The summed E-state index contributed by atoms with van der Waals surface area (Å²) in [5, 5.41) is 8.63. The molecule has 0 aliphatic heterocycles. The molecule has 128 valence electrons. The standard InChI is InChI=1S/C14H17BrCl3N3OS/c1-13(2,3)11(22)20-10(14(16,17)18)21-12(23)19-9-7-5-4-6-8(9)15/h4-7,10H,1-3H3,(H,20,22)(H2,19,21,23)/t10-/m1/s1. The van der Waals surface area contributed by atoms with Crippen LogP contribution in [0, 0.1) is 5.41 Å². The normalized spacial score (nSPS) is 13.2. The Labute approximate surface area is 164 Å². The van der Waals surface area contributed by atoms with Gasteiger partial charge in [0.1, 0.15) is 6.17 Å². The van der Waals surface area contributed by atoms with Crippen LogP contribution in [0.25, 0.3) is 0 Å². The highest BCUT2D eigenvalue weighted by Gasteiger charge is 2.36. The maximum atomic E-state index is 12.1. The molecule has 0 aromatic heterocycles. The van der Waals surface area contributed by atoms with E-state index in [1.54, 1.807) is 20.8 Å². The highest BCUT2D eigenvalue weighted by molar-refractivity contribution is 9.10. The lowest BCUT2D eigenvalue weighted by atomic mass is 9.95. The summed E-state index contributed by atoms with van der Waals surface area (Å²) in [5.41, 5.74) is 0.114. The number of halogens is 4. The zero-order valence-corrected chi connectivity index (χ0v) is 17.4. The van der Waals surface area contributed by atoms with Gasteiger partial charge in [-0.2, -0.15) is 0 Å². The Balaban J connectivity index is 2.80. The van der Waals surface area contributed by atoms with Crippen LogP contribution in [0.5, 0.6) is 0 Å². The van der Waals surface area contributed by atoms with Crippen LogP contribution in [0.1, 0.15) is 20.8 Å². The van der Waals surface area contributed by atoms with Crippen molar-refractivity contribution in [2.24, 2.45) is 5.41 Å². The number of hydrogen-bond acceptors (Lipinski definition) is 2. The van der Waals surface area contributed by atoms with Crippen molar-refractivity contribution in [2.45, 2.75) is 30.7 Å². The van der Waals surface area contributed by atoms with Crippen molar-refractivity contribution < 1.29 is 4.79 Å². The van der Waals surface area contributed by atoms with Crippen LogP contribution in [0.15, 0.2) is 28.7 Å². The fourth-order valence-corrected chi connectivity index (χ4v) is 2.34. The largest absolute Gasteiger partial charge is 0.339 e. The van der Waals surface area contributed by atoms with Gasteiger partial charge in [-0.15, -0.1) is 0 Å². The molecule has 0 aliphatic carbocycles. The van der Waals surface area contributed by atoms with Gasteiger partial charge in [0.25, 0.3) is 0 Å². The average Bonchev–Trinajstić information content (AvgIpc) is 2.38. The Kier molecular flexibility index (Phi) is 7.41. The third kappa shape index (κ3) is 7.01. The Morgan fingerprint density at radius 2 is 1.74 bits per heavy atom. The predicted octanol–water partition coefficient (Wildman–Crippen LogP) is 4.59. The summed E-state index contributed by atoms with van der Waals surface area (Å²) in [6, 6.07) is 7.41. The molecule has 0 saturated carbocycles. The number of nitrogens with one attached hydrogen (secondary N) is 3. The number of thiocarbonyl (C=S) groups is 1. The van der Waals surface area contributed by atoms with Gasteiger partial charge in [0, 0.05) is 9.89 Å². The number of benzene rings is 1. The molecule has 0 fully saturated rings. The van der Waals surface area contributed by atoms with Crippen molar-refractivity contribution in [1.29, 1.82) is 0 Å². The van der Waals surface area contributed by atoms with Gasteiger partial charge in [0.2, 0.25) is 9.70 Å². The predicted molar refractivity (Wildman–Crippen MR) is 105 cm³/mol. The molecule has 0 radical (unpaired) electrons. The molecule has 0 heterocycles. The number of hydrogen-bond donors (Lipinski definition) is 3. The highest BCUT2D eigenvalue weighted by atomic mass is 79.9. The van der Waals surface area contributed by atoms with Crippen molar-refractivity contribution in [3.05, 3.63) is 28.7 Å². The van der Waals surface area contributed by atoms with Crippen LogP contribution in [-0.4, -0.2) is 21.0 Å². The zero-order valence-electron chi connectivity index (χ0n) is 12.7. The van der Waals surface area contributed by atoms with E-state index >= 15 is 0 Å². The van der Waals surface area contributed by atoms with E-state index in [1.807, 2.05) is 24.3 Å². The first-order chi connectivity index (χ1) is 10.4. The van der Waals surface area contributed by atoms with Gasteiger partial charge in [0.05, 0.1) is 5.69 Å². The summed E-state index contributed by atoms with van der Waals surface area (Å²) in [7, 11) is 0. The molecule has 1 aromatic rings. The fraction of sp³-hybridized carbons (Fsp3) is 0.429. The fourth-order valence-electron chi connectivity index (χ4n) is 1.40. The lowest BCUT2D eigenvalue weighted by molar-refractivity contribution is -0.129. The summed E-state index contributed by atoms with van der Waals surface area (Å²) in [6.45, 7) is 5.28. The Bertz CT molecular complexity index is 587. The number of carbonyl (C=O) groups excluding carboxylic acids is 1. The van der Waals surface area contributed by atoms with E-state index < -0.39 is 15.4 Å². The molecule has 0 aliphatic rings. The van der Waals surface area contributed by atoms with E-state index in [9.17, 15) is 4.79 Å². The van der Waals surface area contributed by atoms with E-state index in [2.05, 4.69) is 31.9 Å². The molecular weight excluding hydrogens is 445 g/mol. The van der Waals surface area contributed by atoms with Gasteiger partial charge >= 0.3 is 0 Å². The van der Waals surface area contributed by atoms with Gasteiger partial charge in [-0.1, -0.05) is 67.7 Å². The second kappa shape index (κ2) is 8.21. The van der Waals surface area contributed by atoms with E-state index in [1.165, 1.54) is 0 Å². The summed E-state index contributed by atoms with van der Waals surface area (Å²) >= 11 is 26.4. The first-order valence-electron chi connectivity index (χ1n) is 6.61. The molecule has 1 amide bonds. The van der Waals surface area contributed by atoms with Gasteiger partial charge in [-0.3, -0.25) is 4.79 Å². The Morgan fingerprint density at radius 1 is 1.17 bits per heavy atom. The molecule has 0 spiro atoms. The number of anilines is 1. The van der Waals surface area contributed by atoms with E-state index in [4.69, 9.17) is 47.0 Å².